The van der Waals surface area contributed by atoms with E-state index in [1.54, 1.807) is 0 Å². The molecular weight excluding hydrogens is 844 g/mol. The van der Waals surface area contributed by atoms with E-state index in [9.17, 15) is 44.8 Å². The third kappa shape index (κ3) is 9.29. The summed E-state index contributed by atoms with van der Waals surface area (Å²) >= 11 is 0. The molecule has 6 rings (SSSR count). The summed E-state index contributed by atoms with van der Waals surface area (Å²) in [5.41, 5.74) is -8.23. The second kappa shape index (κ2) is 17.8. The first-order valence-corrected chi connectivity index (χ1v) is 17.8. The fourth-order valence-corrected chi connectivity index (χ4v) is 6.41. The fourth-order valence-electron chi connectivity index (χ4n) is 6.41. The van der Waals surface area contributed by atoms with Crippen molar-refractivity contribution in [2.45, 2.75) is 36.3 Å². The summed E-state index contributed by atoms with van der Waals surface area (Å²) in [6, 6.07) is 28.7. The minimum absolute atomic E-state index is 0.0167. The van der Waals surface area contributed by atoms with Crippen molar-refractivity contribution in [3.8, 4) is 46.6 Å². The van der Waals surface area contributed by atoms with Crippen LogP contribution in [0.15, 0.2) is 133 Å². The Morgan fingerprint density at radius 3 is 1.19 bits per heavy atom. The summed E-state index contributed by atoms with van der Waals surface area (Å²) in [6.45, 7) is 15.4. The van der Waals surface area contributed by atoms with Crippen LogP contribution in [0.3, 0.4) is 0 Å². The molecule has 0 spiro atoms. The minimum Gasteiger partial charge on any atom is -0.508 e. The maximum absolute atomic E-state index is 14.5. The number of benzene rings is 6. The molecule has 2 N–H and O–H groups in total. The van der Waals surface area contributed by atoms with Crippen LogP contribution in [0.4, 0.5) is 50.9 Å². The van der Waals surface area contributed by atoms with Gasteiger partial charge < -0.3 is 19.7 Å². The summed E-state index contributed by atoms with van der Waals surface area (Å²) in [6.07, 6.45) is -16.0. The van der Waals surface area contributed by atoms with Gasteiger partial charge in [0.2, 0.25) is 5.41 Å². The highest BCUT2D eigenvalue weighted by Crippen LogP contribution is 2.56. The normalized spacial score (nSPS) is 12.5. The first-order valence-electron chi connectivity index (χ1n) is 17.8. The largest absolute Gasteiger partial charge is 0.508 e. The zero-order chi connectivity index (χ0) is 46.4. The smallest absolute Gasteiger partial charge is 0.411 e. The Bertz CT molecular complexity index is 2580. The molecule has 0 fully saturated rings. The highest BCUT2D eigenvalue weighted by Gasteiger charge is 2.72. The lowest BCUT2D eigenvalue weighted by molar-refractivity contribution is -0.288. The molecule has 0 heterocycles. The zero-order valence-electron chi connectivity index (χ0n) is 32.1. The van der Waals surface area contributed by atoms with Crippen LogP contribution in [-0.2, 0) is 10.8 Å². The van der Waals surface area contributed by atoms with Crippen molar-refractivity contribution in [3.05, 3.63) is 190 Å². The standard InChI is InChI=1S/C31H17F3N4O2.C15H10F6O2/c1-30(31(32,33)34,22-5-10-24(11-6-22)39-26-9-4-20(18-35)21(16-26)19-36)23-7-12-25(13-8-23)40-27-14-15-28(37-2)29(17-27)38-3;16-14(17,18)13(15(19,20)21,9-1-5-11(22)6-2-9)10-3-7-12(23)8-4-10/h4-17H,1H3;1-8,22-23H. The Balaban J connectivity index is 0.000000276. The Morgan fingerprint density at radius 1 is 0.460 bits per heavy atom. The van der Waals surface area contributed by atoms with Crippen molar-refractivity contribution in [2.75, 3.05) is 0 Å². The quantitative estimate of drug-likeness (QED) is 0.116. The van der Waals surface area contributed by atoms with E-state index in [-0.39, 0.29) is 56.6 Å². The molecule has 8 nitrogen and oxygen atoms in total. The number of phenols is 2. The number of aromatic hydroxyl groups is 2. The topological polar surface area (TPSA) is 115 Å². The van der Waals surface area contributed by atoms with Gasteiger partial charge in [-0.15, -0.1) is 0 Å². The lowest BCUT2D eigenvalue weighted by Crippen LogP contribution is -2.54. The van der Waals surface area contributed by atoms with Crippen LogP contribution in [0, 0.1) is 35.8 Å². The molecule has 0 bridgehead atoms. The molecule has 63 heavy (non-hydrogen) atoms. The van der Waals surface area contributed by atoms with Gasteiger partial charge >= 0.3 is 18.5 Å². The molecule has 0 amide bonds. The van der Waals surface area contributed by atoms with Crippen molar-refractivity contribution < 1.29 is 59.2 Å². The number of hydrogen-bond donors (Lipinski definition) is 2. The van der Waals surface area contributed by atoms with Crippen LogP contribution >= 0.6 is 0 Å². The molecule has 318 valence electrons. The minimum atomic E-state index is -5.70. The van der Waals surface area contributed by atoms with E-state index in [0.29, 0.717) is 24.3 Å². The van der Waals surface area contributed by atoms with E-state index in [2.05, 4.69) is 9.69 Å². The molecule has 0 aliphatic heterocycles. The number of nitrogens with zero attached hydrogens (tertiary/aromatic N) is 4. The molecule has 0 aromatic heterocycles. The highest BCUT2D eigenvalue weighted by molar-refractivity contribution is 5.72. The van der Waals surface area contributed by atoms with Crippen LogP contribution in [0.25, 0.3) is 9.69 Å². The van der Waals surface area contributed by atoms with Gasteiger partial charge in [0.05, 0.1) is 24.3 Å². The number of rotatable bonds is 8. The van der Waals surface area contributed by atoms with Gasteiger partial charge in [-0.1, -0.05) is 54.6 Å². The predicted octanol–water partition coefficient (Wildman–Crippen LogP) is 13.5. The number of hydrogen-bond acceptors (Lipinski definition) is 6. The Hall–Kier alpha value is -8.15. The van der Waals surface area contributed by atoms with Crippen molar-refractivity contribution in [1.29, 1.82) is 10.5 Å². The van der Waals surface area contributed by atoms with Gasteiger partial charge in [0, 0.05) is 0 Å². The monoisotopic (exact) mass is 870 g/mol. The Kier molecular flexibility index (Phi) is 13.0. The lowest BCUT2D eigenvalue weighted by Gasteiger charge is -2.38. The summed E-state index contributed by atoms with van der Waals surface area (Å²) in [5.74, 6) is 0.154. The highest BCUT2D eigenvalue weighted by atomic mass is 19.4. The van der Waals surface area contributed by atoms with Crippen molar-refractivity contribution in [2.24, 2.45) is 0 Å². The van der Waals surface area contributed by atoms with Gasteiger partial charge in [-0.3, -0.25) is 4.85 Å². The third-order valence-corrected chi connectivity index (χ3v) is 9.77. The van der Waals surface area contributed by atoms with Crippen LogP contribution in [0.5, 0.6) is 34.5 Å². The van der Waals surface area contributed by atoms with Crippen molar-refractivity contribution >= 4 is 11.4 Å². The van der Waals surface area contributed by atoms with Crippen LogP contribution < -0.4 is 9.47 Å². The van der Waals surface area contributed by atoms with Gasteiger partial charge in [-0.05, 0) is 108 Å². The molecule has 0 saturated heterocycles. The zero-order valence-corrected chi connectivity index (χ0v) is 32.1. The molecule has 6 aromatic carbocycles. The summed E-state index contributed by atoms with van der Waals surface area (Å²) in [5, 5.41) is 36.5. The number of nitriles is 2. The van der Waals surface area contributed by atoms with Crippen LogP contribution in [-0.4, -0.2) is 28.7 Å². The van der Waals surface area contributed by atoms with E-state index >= 15 is 0 Å². The average molecular weight is 871 g/mol. The van der Waals surface area contributed by atoms with E-state index < -0.39 is 52.0 Å². The Morgan fingerprint density at radius 2 is 0.825 bits per heavy atom. The fraction of sp³-hybridized carbons (Fsp3) is 0.130. The lowest BCUT2D eigenvalue weighted by atomic mass is 9.73. The van der Waals surface area contributed by atoms with Crippen molar-refractivity contribution in [1.82, 2.24) is 0 Å². The van der Waals surface area contributed by atoms with Gasteiger partial charge in [0.25, 0.3) is 0 Å². The summed E-state index contributed by atoms with van der Waals surface area (Å²) in [7, 11) is 0. The van der Waals surface area contributed by atoms with Crippen LogP contribution in [0.2, 0.25) is 0 Å². The first-order chi connectivity index (χ1) is 29.6. The Labute approximate surface area is 353 Å². The van der Waals surface area contributed by atoms with E-state index in [1.807, 2.05) is 12.1 Å². The maximum atomic E-state index is 14.5. The van der Waals surface area contributed by atoms with Gasteiger partial charge in [-0.2, -0.15) is 50.0 Å². The molecule has 6 aromatic rings. The average Bonchev–Trinajstić information content (AvgIpc) is 3.24. The van der Waals surface area contributed by atoms with E-state index in [0.717, 1.165) is 31.2 Å². The van der Waals surface area contributed by atoms with Gasteiger partial charge in [0.1, 0.15) is 52.1 Å². The first kappa shape index (κ1) is 45.9. The van der Waals surface area contributed by atoms with Gasteiger partial charge in [0.15, 0.2) is 11.4 Å². The number of phenolic OH excluding ortho intramolecular Hbond substituents is 2. The molecule has 0 aliphatic rings. The van der Waals surface area contributed by atoms with Crippen molar-refractivity contribution in [3.63, 3.8) is 0 Å². The molecule has 0 saturated carbocycles. The van der Waals surface area contributed by atoms with Gasteiger partial charge in [-0.25, -0.2) is 4.85 Å². The second-order valence-electron chi connectivity index (χ2n) is 13.5. The van der Waals surface area contributed by atoms with E-state index in [4.69, 9.17) is 38.1 Å². The van der Waals surface area contributed by atoms with E-state index in [1.165, 1.54) is 84.9 Å². The molecule has 0 radical (unpaired) electrons. The summed E-state index contributed by atoms with van der Waals surface area (Å²) in [4.78, 5) is 6.56. The SMILES string of the molecule is Oc1ccc(C(c2ccc(O)cc2)(C(F)(F)F)C(F)(F)F)cc1.[C-]#[N+]c1ccc(Oc2ccc(C(C)(c3ccc(Oc4ccc(C#N)c(C#N)c4)cc3)C(F)(F)F)cc2)cc1[N+]#[C-]. The molecule has 0 aliphatic carbocycles. The molecular formula is C46H27F9N4O4. The predicted molar refractivity (Wildman–Crippen MR) is 209 cm³/mol. The molecule has 1 unspecified atom stereocenters. The van der Waals surface area contributed by atoms with Crippen LogP contribution in [0.1, 0.15) is 40.3 Å². The second-order valence-corrected chi connectivity index (χ2v) is 13.5. The maximum Gasteiger partial charge on any atom is 0.411 e. The number of halogens is 9. The number of alkyl halides is 9. The molecule has 17 heteroatoms. The number of ether oxygens (including phenoxy) is 2. The molecule has 1 atom stereocenters. The third-order valence-electron chi connectivity index (χ3n) is 9.77. The summed E-state index contributed by atoms with van der Waals surface area (Å²) < 4.78 is 137.